The molecule has 3 aliphatic heterocycles. The van der Waals surface area contributed by atoms with Crippen LogP contribution in [-0.2, 0) is 19.1 Å². The van der Waals surface area contributed by atoms with Gasteiger partial charge >= 0.3 is 5.97 Å². The summed E-state index contributed by atoms with van der Waals surface area (Å²) in [4.78, 5) is 32.6. The average molecular weight is 502 g/mol. The van der Waals surface area contributed by atoms with Crippen molar-refractivity contribution in [1.82, 2.24) is 10.2 Å². The molecule has 35 heavy (non-hydrogen) atoms. The van der Waals surface area contributed by atoms with Crippen LogP contribution in [0.25, 0.3) is 0 Å². The summed E-state index contributed by atoms with van der Waals surface area (Å²) in [6, 6.07) is 4.86. The first-order chi connectivity index (χ1) is 17.0. The van der Waals surface area contributed by atoms with E-state index in [-0.39, 0.29) is 18.4 Å². The van der Waals surface area contributed by atoms with Gasteiger partial charge in [0, 0.05) is 24.4 Å². The third-order valence-electron chi connectivity index (χ3n) is 6.25. The highest BCUT2D eigenvalue weighted by Gasteiger charge is 2.42. The topological polar surface area (TPSA) is 98.7 Å². The summed E-state index contributed by atoms with van der Waals surface area (Å²) in [6.07, 6.45) is 2.71. The lowest BCUT2D eigenvalue weighted by Gasteiger charge is -2.37. The Morgan fingerprint density at radius 3 is 2.74 bits per heavy atom. The van der Waals surface area contributed by atoms with E-state index < -0.39 is 12.0 Å². The number of rotatable bonds is 9. The molecule has 4 rings (SSSR count). The van der Waals surface area contributed by atoms with Gasteiger partial charge in [-0.25, -0.2) is 9.79 Å². The SMILES string of the molecule is CCC1=C(C(=O)OC)[C@@H](c2cc(OC)ccc2OC)N2C(CC(=O)NC[C@@H]3CCCO3)=CSC2=N1. The molecule has 1 aromatic carbocycles. The summed E-state index contributed by atoms with van der Waals surface area (Å²) in [6.45, 7) is 3.17. The first-order valence-corrected chi connectivity index (χ1v) is 12.5. The molecule has 1 amide bonds. The second kappa shape index (κ2) is 11.2. The number of nitrogens with one attached hydrogen (secondary N) is 1. The molecule has 10 heteroatoms. The van der Waals surface area contributed by atoms with Gasteiger partial charge in [0.25, 0.3) is 0 Å². The fourth-order valence-corrected chi connectivity index (χ4v) is 5.46. The predicted molar refractivity (Wildman–Crippen MR) is 133 cm³/mol. The van der Waals surface area contributed by atoms with Gasteiger partial charge in [0.05, 0.1) is 51.2 Å². The van der Waals surface area contributed by atoms with Crippen molar-refractivity contribution in [2.24, 2.45) is 4.99 Å². The quantitative estimate of drug-likeness (QED) is 0.513. The smallest absolute Gasteiger partial charge is 0.338 e. The summed E-state index contributed by atoms with van der Waals surface area (Å²) in [7, 11) is 4.53. The second-order valence-corrected chi connectivity index (χ2v) is 9.16. The number of methoxy groups -OCH3 is 3. The molecule has 2 atom stereocenters. The molecule has 188 valence electrons. The maximum Gasteiger partial charge on any atom is 0.338 e. The van der Waals surface area contributed by atoms with E-state index in [1.54, 1.807) is 26.4 Å². The molecule has 9 nitrogen and oxygen atoms in total. The van der Waals surface area contributed by atoms with Gasteiger partial charge in [0.2, 0.25) is 5.91 Å². The predicted octanol–water partition coefficient (Wildman–Crippen LogP) is 3.53. The van der Waals surface area contributed by atoms with Crippen LogP contribution in [0.15, 0.2) is 45.6 Å². The van der Waals surface area contributed by atoms with Gasteiger partial charge < -0.3 is 29.2 Å². The maximum absolute atomic E-state index is 13.1. The lowest BCUT2D eigenvalue weighted by molar-refractivity contribution is -0.136. The molecule has 0 radical (unpaired) electrons. The van der Waals surface area contributed by atoms with Gasteiger partial charge in [0.15, 0.2) is 5.17 Å². The summed E-state index contributed by atoms with van der Waals surface area (Å²) in [5.74, 6) is 0.625. The second-order valence-electron chi connectivity index (χ2n) is 8.32. The zero-order valence-electron chi connectivity index (χ0n) is 20.5. The monoisotopic (exact) mass is 501 g/mol. The number of hydrogen-bond donors (Lipinski definition) is 1. The number of thioether (sulfide) groups is 1. The molecule has 1 aromatic rings. The van der Waals surface area contributed by atoms with Crippen molar-refractivity contribution in [3.8, 4) is 11.5 Å². The van der Waals surface area contributed by atoms with E-state index in [1.165, 1.54) is 18.9 Å². The minimum Gasteiger partial charge on any atom is -0.497 e. The zero-order valence-corrected chi connectivity index (χ0v) is 21.3. The van der Waals surface area contributed by atoms with Gasteiger partial charge in [0.1, 0.15) is 11.5 Å². The Morgan fingerprint density at radius 1 is 1.26 bits per heavy atom. The maximum atomic E-state index is 13.1. The molecular formula is C25H31N3O6S. The first kappa shape index (κ1) is 25.1. The summed E-state index contributed by atoms with van der Waals surface area (Å²) in [5, 5.41) is 5.59. The largest absolute Gasteiger partial charge is 0.497 e. The Labute approximate surface area is 209 Å². The molecule has 1 fully saturated rings. The van der Waals surface area contributed by atoms with E-state index >= 15 is 0 Å². The van der Waals surface area contributed by atoms with Crippen LogP contribution in [0.4, 0.5) is 0 Å². The number of aliphatic imine (C=N–C) groups is 1. The summed E-state index contributed by atoms with van der Waals surface area (Å²) >= 11 is 1.43. The molecule has 1 N–H and O–H groups in total. The number of amides is 1. The highest BCUT2D eigenvalue weighted by molar-refractivity contribution is 8.16. The van der Waals surface area contributed by atoms with E-state index in [4.69, 9.17) is 23.9 Å². The van der Waals surface area contributed by atoms with Crippen LogP contribution in [0.3, 0.4) is 0 Å². The number of allylic oxidation sites excluding steroid dienone is 1. The van der Waals surface area contributed by atoms with Crippen molar-refractivity contribution in [2.45, 2.75) is 44.8 Å². The van der Waals surface area contributed by atoms with E-state index in [0.717, 1.165) is 30.7 Å². The first-order valence-electron chi connectivity index (χ1n) is 11.7. The standard InChI is InChI=1S/C25H31N3O6S/c1-5-19-22(24(30)33-4)23(18-12-16(31-2)8-9-20(18)32-3)28-15(14-35-25(28)27-19)11-21(29)26-13-17-7-6-10-34-17/h8-9,12,14,17,23H,5-7,10-11,13H2,1-4H3,(H,26,29)/t17-,23+/m0/s1. The molecule has 0 unspecified atom stereocenters. The number of fused-ring (bicyclic) bond motifs is 1. The van der Waals surface area contributed by atoms with Gasteiger partial charge in [-0.1, -0.05) is 18.7 Å². The molecule has 0 spiro atoms. The van der Waals surface area contributed by atoms with Crippen molar-refractivity contribution in [2.75, 3.05) is 34.5 Å². The molecule has 1 saturated heterocycles. The van der Waals surface area contributed by atoms with Gasteiger partial charge in [-0.2, -0.15) is 0 Å². The molecule has 3 aliphatic rings. The molecular weight excluding hydrogens is 470 g/mol. The Kier molecular flexibility index (Phi) is 8.02. The molecule has 0 bridgehead atoms. The number of amidine groups is 1. The number of hydrogen-bond acceptors (Lipinski definition) is 9. The Hall–Kier alpha value is -2.98. The highest BCUT2D eigenvalue weighted by Crippen LogP contribution is 2.48. The van der Waals surface area contributed by atoms with Crippen molar-refractivity contribution in [3.63, 3.8) is 0 Å². The fraction of sp³-hybridized carbons (Fsp3) is 0.480. The summed E-state index contributed by atoms with van der Waals surface area (Å²) < 4.78 is 21.9. The molecule has 0 saturated carbocycles. The third kappa shape index (κ3) is 5.18. The molecule has 3 heterocycles. The molecule has 0 aliphatic carbocycles. The minimum atomic E-state index is -0.595. The van der Waals surface area contributed by atoms with Crippen molar-refractivity contribution in [1.29, 1.82) is 0 Å². The minimum absolute atomic E-state index is 0.0627. The number of carbonyl (C=O) groups excluding carboxylic acids is 2. The lowest BCUT2D eigenvalue weighted by Crippen LogP contribution is -2.39. The molecule has 0 aromatic heterocycles. The van der Waals surface area contributed by atoms with Crippen molar-refractivity contribution >= 4 is 28.8 Å². The number of carbonyl (C=O) groups is 2. The lowest BCUT2D eigenvalue weighted by atomic mass is 9.92. The average Bonchev–Trinajstić information content (AvgIpc) is 3.55. The third-order valence-corrected chi connectivity index (χ3v) is 7.14. The van der Waals surface area contributed by atoms with Gasteiger partial charge in [-0.15, -0.1) is 0 Å². The Balaban J connectivity index is 1.70. The normalized spacial score (nSPS) is 21.3. The van der Waals surface area contributed by atoms with Crippen LogP contribution in [0.5, 0.6) is 11.5 Å². The Bertz CT molecular complexity index is 1080. The number of benzene rings is 1. The van der Waals surface area contributed by atoms with E-state index in [1.807, 2.05) is 23.3 Å². The number of ether oxygens (including phenoxy) is 4. The van der Waals surface area contributed by atoms with Crippen LogP contribution in [-0.4, -0.2) is 62.5 Å². The van der Waals surface area contributed by atoms with Gasteiger partial charge in [-0.3, -0.25) is 4.79 Å². The number of nitrogens with zero attached hydrogens (tertiary/aromatic N) is 2. The van der Waals surface area contributed by atoms with E-state index in [9.17, 15) is 9.59 Å². The van der Waals surface area contributed by atoms with Crippen LogP contribution < -0.4 is 14.8 Å². The van der Waals surface area contributed by atoms with Crippen LogP contribution in [0, 0.1) is 0 Å². The number of esters is 1. The van der Waals surface area contributed by atoms with Crippen LogP contribution >= 0.6 is 11.8 Å². The van der Waals surface area contributed by atoms with E-state index in [0.29, 0.717) is 40.9 Å². The van der Waals surface area contributed by atoms with Crippen LogP contribution in [0.2, 0.25) is 0 Å². The highest BCUT2D eigenvalue weighted by atomic mass is 32.2. The fourth-order valence-electron chi connectivity index (χ4n) is 4.52. The van der Waals surface area contributed by atoms with Crippen LogP contribution in [0.1, 0.15) is 44.2 Å². The van der Waals surface area contributed by atoms with Crippen molar-refractivity contribution in [3.05, 3.63) is 46.1 Å². The summed E-state index contributed by atoms with van der Waals surface area (Å²) in [5.41, 5.74) is 2.52. The Morgan fingerprint density at radius 2 is 2.09 bits per heavy atom. The van der Waals surface area contributed by atoms with Crippen molar-refractivity contribution < 1.29 is 28.5 Å². The van der Waals surface area contributed by atoms with Gasteiger partial charge in [-0.05, 0) is 42.9 Å². The zero-order chi connectivity index (χ0) is 24.9. The van der Waals surface area contributed by atoms with E-state index in [2.05, 4.69) is 5.32 Å².